The van der Waals surface area contributed by atoms with Crippen LogP contribution in [0.2, 0.25) is 0 Å². The Hall–Kier alpha value is -8.21. The first-order valence-corrected chi connectivity index (χ1v) is 20.6. The van der Waals surface area contributed by atoms with Crippen molar-refractivity contribution in [2.45, 2.75) is 0 Å². The van der Waals surface area contributed by atoms with E-state index in [4.69, 9.17) is 9.40 Å². The van der Waals surface area contributed by atoms with Gasteiger partial charge in [0.1, 0.15) is 5.52 Å². The number of hydrogen-bond donors (Lipinski definition) is 0. The van der Waals surface area contributed by atoms with Crippen LogP contribution in [0.3, 0.4) is 0 Å². The van der Waals surface area contributed by atoms with Gasteiger partial charge in [-0.1, -0.05) is 133 Å². The summed E-state index contributed by atoms with van der Waals surface area (Å²) in [6.07, 6.45) is 0. The predicted octanol–water partition coefficient (Wildman–Crippen LogP) is 16.1. The number of hydrogen-bond acceptors (Lipinski definition) is 4. The van der Waals surface area contributed by atoms with Gasteiger partial charge in [0.05, 0.1) is 0 Å². The number of para-hydroxylation sites is 4. The van der Waals surface area contributed by atoms with Crippen LogP contribution in [0.5, 0.6) is 0 Å². The van der Waals surface area contributed by atoms with E-state index in [-0.39, 0.29) is 0 Å². The fraction of sp³-hybridized carbons (Fsp3) is 0. The minimum absolute atomic E-state index is 0.617. The van der Waals surface area contributed by atoms with Crippen molar-refractivity contribution in [1.82, 2.24) is 4.98 Å². The molecule has 0 bridgehead atoms. The topological polar surface area (TPSA) is 32.5 Å². The van der Waals surface area contributed by atoms with Gasteiger partial charge < -0.3 is 14.2 Å². The Labute approximate surface area is 354 Å². The second-order valence-electron chi connectivity index (χ2n) is 15.2. The number of rotatable bonds is 9. The second-order valence-corrected chi connectivity index (χ2v) is 15.2. The lowest BCUT2D eigenvalue weighted by Gasteiger charge is -2.25. The molecule has 11 aromatic rings. The van der Waals surface area contributed by atoms with Crippen LogP contribution in [-0.2, 0) is 0 Å². The molecule has 0 atom stereocenters. The molecule has 4 nitrogen and oxygen atoms in total. The van der Waals surface area contributed by atoms with Gasteiger partial charge in [0.15, 0.2) is 5.58 Å². The molecule has 0 saturated carbocycles. The van der Waals surface area contributed by atoms with Crippen molar-refractivity contribution in [1.29, 1.82) is 0 Å². The second kappa shape index (κ2) is 15.5. The van der Waals surface area contributed by atoms with Gasteiger partial charge in [-0.25, -0.2) is 4.98 Å². The number of benzene rings is 10. The standard InChI is InChI=1S/C57H39N3O/c1-6-16-42(17-7-1)57-58-55-51-36-30-43(40-26-32-49(33-27-40)59(45-18-8-2-9-19-45)46-20-10-3-11-21-46)38-53(51)54-39-44(31-37-52(54)56(55)61-57)41-28-34-50(35-29-41)60(47-22-12-4-13-23-47)48-24-14-5-15-25-48/h1-39H. The number of fused-ring (bicyclic) bond motifs is 6. The summed E-state index contributed by atoms with van der Waals surface area (Å²) in [5.74, 6) is 0.617. The monoisotopic (exact) mass is 781 g/mol. The van der Waals surface area contributed by atoms with Crippen LogP contribution in [0.1, 0.15) is 0 Å². The Morgan fingerprint density at radius 2 is 0.623 bits per heavy atom. The Balaban J connectivity index is 1.03. The molecule has 0 amide bonds. The molecule has 0 aliphatic heterocycles. The molecule has 288 valence electrons. The molecule has 1 aromatic heterocycles. The van der Waals surface area contributed by atoms with E-state index in [1.54, 1.807) is 0 Å². The quantitative estimate of drug-likeness (QED) is 0.137. The van der Waals surface area contributed by atoms with Gasteiger partial charge in [0, 0.05) is 50.5 Å². The SMILES string of the molecule is c1ccc(-c2nc3c4ccc(-c5ccc(N(c6ccccc6)c6ccccc6)cc5)cc4c4cc(-c5ccc(N(c6ccccc6)c6ccccc6)cc5)ccc4c3o2)cc1. The summed E-state index contributed by atoms with van der Waals surface area (Å²) in [6.45, 7) is 0. The first-order valence-electron chi connectivity index (χ1n) is 20.6. The van der Waals surface area contributed by atoms with Crippen LogP contribution in [-0.4, -0.2) is 4.98 Å². The fourth-order valence-electron chi connectivity index (χ4n) is 8.50. The average Bonchev–Trinajstić information content (AvgIpc) is 3.80. The molecule has 1 heterocycles. The fourth-order valence-corrected chi connectivity index (χ4v) is 8.50. The zero-order valence-electron chi connectivity index (χ0n) is 33.3. The Morgan fingerprint density at radius 1 is 0.279 bits per heavy atom. The number of nitrogens with zero attached hydrogens (tertiary/aromatic N) is 3. The van der Waals surface area contributed by atoms with E-state index in [2.05, 4.69) is 216 Å². The molecular weight excluding hydrogens is 743 g/mol. The molecule has 0 saturated heterocycles. The van der Waals surface area contributed by atoms with Crippen LogP contribution in [0, 0.1) is 0 Å². The van der Waals surface area contributed by atoms with Gasteiger partial charge in [-0.15, -0.1) is 0 Å². The summed E-state index contributed by atoms with van der Waals surface area (Å²) < 4.78 is 6.65. The lowest BCUT2D eigenvalue weighted by molar-refractivity contribution is 0.623. The van der Waals surface area contributed by atoms with Crippen molar-refractivity contribution >= 4 is 66.8 Å². The molecule has 0 fully saturated rings. The van der Waals surface area contributed by atoms with Crippen LogP contribution >= 0.6 is 0 Å². The zero-order chi connectivity index (χ0) is 40.5. The Morgan fingerprint density at radius 3 is 1.05 bits per heavy atom. The molecule has 0 radical (unpaired) electrons. The number of oxazole rings is 1. The molecule has 0 unspecified atom stereocenters. The van der Waals surface area contributed by atoms with E-state index >= 15 is 0 Å². The van der Waals surface area contributed by atoms with Crippen molar-refractivity contribution in [3.63, 3.8) is 0 Å². The molecule has 0 aliphatic rings. The minimum atomic E-state index is 0.617. The lowest BCUT2D eigenvalue weighted by Crippen LogP contribution is -2.09. The van der Waals surface area contributed by atoms with Crippen molar-refractivity contribution < 1.29 is 4.42 Å². The van der Waals surface area contributed by atoms with Crippen LogP contribution in [0.4, 0.5) is 34.1 Å². The molecule has 11 rings (SSSR count). The van der Waals surface area contributed by atoms with Gasteiger partial charge >= 0.3 is 0 Å². The summed E-state index contributed by atoms with van der Waals surface area (Å²) in [4.78, 5) is 9.71. The third-order valence-corrected chi connectivity index (χ3v) is 11.5. The van der Waals surface area contributed by atoms with Crippen molar-refractivity contribution in [2.75, 3.05) is 9.80 Å². The summed E-state index contributed by atoms with van der Waals surface area (Å²) in [7, 11) is 0. The average molecular weight is 782 g/mol. The van der Waals surface area contributed by atoms with E-state index in [1.807, 2.05) is 30.3 Å². The molecule has 0 N–H and O–H groups in total. The van der Waals surface area contributed by atoms with E-state index in [0.717, 1.165) is 94.6 Å². The van der Waals surface area contributed by atoms with E-state index in [9.17, 15) is 0 Å². The highest BCUT2D eigenvalue weighted by molar-refractivity contribution is 6.24. The van der Waals surface area contributed by atoms with Crippen LogP contribution < -0.4 is 9.80 Å². The molecule has 0 spiro atoms. The summed E-state index contributed by atoms with van der Waals surface area (Å²) in [5, 5.41) is 4.34. The van der Waals surface area contributed by atoms with E-state index in [0.29, 0.717) is 5.89 Å². The van der Waals surface area contributed by atoms with Crippen LogP contribution in [0.15, 0.2) is 241 Å². The van der Waals surface area contributed by atoms with Gasteiger partial charge in [0.25, 0.3) is 0 Å². The number of aromatic nitrogens is 1. The molecule has 61 heavy (non-hydrogen) atoms. The van der Waals surface area contributed by atoms with Crippen molar-refractivity contribution in [3.05, 3.63) is 237 Å². The maximum atomic E-state index is 6.65. The highest BCUT2D eigenvalue weighted by atomic mass is 16.3. The van der Waals surface area contributed by atoms with Gasteiger partial charge in [0.2, 0.25) is 5.89 Å². The van der Waals surface area contributed by atoms with Gasteiger partial charge in [-0.05, 0) is 136 Å². The first-order chi connectivity index (χ1) is 30.2. The van der Waals surface area contributed by atoms with E-state index < -0.39 is 0 Å². The Kier molecular flexibility index (Phi) is 9.14. The third kappa shape index (κ3) is 6.76. The Bertz CT molecular complexity index is 2980. The molecule has 4 heteroatoms. The molecule has 0 aliphatic carbocycles. The lowest BCUT2D eigenvalue weighted by atomic mass is 9.93. The summed E-state index contributed by atoms with van der Waals surface area (Å²) in [5.41, 5.74) is 13.8. The highest BCUT2D eigenvalue weighted by Gasteiger charge is 2.19. The van der Waals surface area contributed by atoms with E-state index in [1.165, 1.54) is 0 Å². The number of anilines is 6. The largest absolute Gasteiger partial charge is 0.435 e. The van der Waals surface area contributed by atoms with Crippen molar-refractivity contribution in [3.8, 4) is 33.7 Å². The molecule has 10 aromatic carbocycles. The van der Waals surface area contributed by atoms with Crippen LogP contribution in [0.25, 0.3) is 66.4 Å². The first kappa shape index (κ1) is 35.9. The highest BCUT2D eigenvalue weighted by Crippen LogP contribution is 2.42. The zero-order valence-corrected chi connectivity index (χ0v) is 33.3. The smallest absolute Gasteiger partial charge is 0.227 e. The predicted molar refractivity (Wildman–Crippen MR) is 255 cm³/mol. The summed E-state index contributed by atoms with van der Waals surface area (Å²) >= 11 is 0. The normalized spacial score (nSPS) is 11.3. The maximum Gasteiger partial charge on any atom is 0.227 e. The van der Waals surface area contributed by atoms with Crippen molar-refractivity contribution in [2.24, 2.45) is 0 Å². The molecular formula is C57H39N3O. The minimum Gasteiger partial charge on any atom is -0.435 e. The maximum absolute atomic E-state index is 6.65. The van der Waals surface area contributed by atoms with Gasteiger partial charge in [-0.3, -0.25) is 0 Å². The third-order valence-electron chi connectivity index (χ3n) is 11.5. The summed E-state index contributed by atoms with van der Waals surface area (Å²) in [6, 6.07) is 83.4. The van der Waals surface area contributed by atoms with Gasteiger partial charge in [-0.2, -0.15) is 0 Å².